The number of hydrogen-bond acceptors (Lipinski definition) is 4. The first-order valence-electron chi connectivity index (χ1n) is 6.51. The van der Waals surface area contributed by atoms with Gasteiger partial charge in [-0.25, -0.2) is 13.4 Å². The average molecular weight is 304 g/mol. The van der Waals surface area contributed by atoms with E-state index in [4.69, 9.17) is 0 Å². The average Bonchev–Trinajstić information content (AvgIpc) is 3.06. The van der Waals surface area contributed by atoms with Crippen molar-refractivity contribution in [2.75, 3.05) is 0 Å². The molecule has 3 aromatic heterocycles. The van der Waals surface area contributed by atoms with Crippen molar-refractivity contribution in [3.63, 3.8) is 0 Å². The fourth-order valence-electron chi connectivity index (χ4n) is 2.11. The van der Waals surface area contributed by atoms with E-state index < -0.39 is 14.6 Å². The van der Waals surface area contributed by atoms with Crippen LogP contribution in [0.2, 0.25) is 0 Å². The fourth-order valence-corrected chi connectivity index (χ4v) is 3.49. The van der Waals surface area contributed by atoms with Crippen LogP contribution in [-0.2, 0) is 9.84 Å². The second kappa shape index (κ2) is 4.42. The molecule has 0 spiro atoms. The molecule has 0 saturated heterocycles. The number of rotatable bonds is 2. The third kappa shape index (κ3) is 2.13. The van der Waals surface area contributed by atoms with Gasteiger partial charge in [-0.05, 0) is 26.8 Å². The number of fused-ring (bicyclic) bond motifs is 1. The van der Waals surface area contributed by atoms with Crippen LogP contribution < -0.4 is 0 Å². The summed E-state index contributed by atoms with van der Waals surface area (Å²) in [5.41, 5.74) is 2.03. The molecule has 0 fully saturated rings. The van der Waals surface area contributed by atoms with Crippen molar-refractivity contribution < 1.29 is 8.42 Å². The Labute approximate surface area is 122 Å². The Hall–Kier alpha value is -2.15. The number of pyridine rings is 1. The molecule has 1 N–H and O–H groups in total. The van der Waals surface area contributed by atoms with E-state index in [9.17, 15) is 8.42 Å². The summed E-state index contributed by atoms with van der Waals surface area (Å²) in [4.78, 5) is 4.49. The molecular formula is C14H16N4O2S. The lowest BCUT2D eigenvalue weighted by atomic mass is 10.1. The third-order valence-electron chi connectivity index (χ3n) is 3.40. The van der Waals surface area contributed by atoms with E-state index >= 15 is 0 Å². The van der Waals surface area contributed by atoms with E-state index in [2.05, 4.69) is 15.2 Å². The van der Waals surface area contributed by atoms with Crippen molar-refractivity contribution in [1.82, 2.24) is 19.6 Å². The smallest absolute Gasteiger partial charge is 0.185 e. The van der Waals surface area contributed by atoms with Gasteiger partial charge in [0.25, 0.3) is 0 Å². The van der Waals surface area contributed by atoms with Gasteiger partial charge in [-0.1, -0.05) is 0 Å². The molecule has 0 radical (unpaired) electrons. The topological polar surface area (TPSA) is 80.1 Å². The van der Waals surface area contributed by atoms with E-state index in [0.717, 1.165) is 5.56 Å². The van der Waals surface area contributed by atoms with Gasteiger partial charge in [0, 0.05) is 35.9 Å². The summed E-state index contributed by atoms with van der Waals surface area (Å²) in [5, 5.41) is 6.62. The predicted molar refractivity (Wildman–Crippen MR) is 79.7 cm³/mol. The summed E-state index contributed by atoms with van der Waals surface area (Å²) in [5.74, 6) is 0. The van der Waals surface area contributed by atoms with Crippen molar-refractivity contribution in [3.8, 4) is 11.1 Å². The van der Waals surface area contributed by atoms with Crippen LogP contribution in [-0.4, -0.2) is 32.7 Å². The predicted octanol–water partition coefficient (Wildman–Crippen LogP) is 2.30. The van der Waals surface area contributed by atoms with Gasteiger partial charge in [-0.15, -0.1) is 0 Å². The number of aromatic amines is 1. The van der Waals surface area contributed by atoms with Gasteiger partial charge in [0.2, 0.25) is 0 Å². The number of nitrogens with zero attached hydrogens (tertiary/aromatic N) is 3. The molecular weight excluding hydrogens is 288 g/mol. The van der Waals surface area contributed by atoms with Crippen LogP contribution in [0.25, 0.3) is 16.8 Å². The van der Waals surface area contributed by atoms with Crippen LogP contribution in [0.5, 0.6) is 0 Å². The number of imidazole rings is 1. The lowest BCUT2D eigenvalue weighted by Crippen LogP contribution is -2.28. The first-order valence-corrected chi connectivity index (χ1v) is 7.99. The Morgan fingerprint density at radius 3 is 2.67 bits per heavy atom. The van der Waals surface area contributed by atoms with E-state index in [1.54, 1.807) is 62.2 Å². The molecule has 21 heavy (non-hydrogen) atoms. The molecule has 0 aliphatic heterocycles. The number of aromatic nitrogens is 4. The molecule has 0 unspecified atom stereocenters. The zero-order valence-electron chi connectivity index (χ0n) is 12.0. The molecule has 0 aromatic carbocycles. The Morgan fingerprint density at radius 2 is 2.05 bits per heavy atom. The summed E-state index contributed by atoms with van der Waals surface area (Å²) in [6, 6.07) is 1.77. The number of nitrogens with one attached hydrogen (secondary N) is 1. The Balaban J connectivity index is 2.38. The minimum absolute atomic E-state index is 0.280. The minimum Gasteiger partial charge on any atom is -0.306 e. The van der Waals surface area contributed by atoms with E-state index in [-0.39, 0.29) is 4.90 Å². The summed E-state index contributed by atoms with van der Waals surface area (Å²) < 4.78 is 26.6. The lowest BCUT2D eigenvalue weighted by molar-refractivity contribution is 0.560. The van der Waals surface area contributed by atoms with Crippen LogP contribution in [0.4, 0.5) is 0 Å². The van der Waals surface area contributed by atoms with Gasteiger partial charge >= 0.3 is 0 Å². The van der Waals surface area contributed by atoms with E-state index in [1.165, 1.54) is 0 Å². The Bertz CT molecular complexity index is 887. The highest BCUT2D eigenvalue weighted by atomic mass is 32.2. The van der Waals surface area contributed by atoms with Gasteiger partial charge in [-0.3, -0.25) is 5.10 Å². The van der Waals surface area contributed by atoms with Gasteiger partial charge in [0.05, 0.1) is 15.8 Å². The summed E-state index contributed by atoms with van der Waals surface area (Å²) in [6.07, 6.45) is 8.27. The molecule has 3 aromatic rings. The molecule has 0 atom stereocenters. The monoisotopic (exact) mass is 304 g/mol. The van der Waals surface area contributed by atoms with Crippen LogP contribution in [0.15, 0.2) is 41.9 Å². The third-order valence-corrected chi connectivity index (χ3v) is 5.92. The molecule has 0 amide bonds. The highest BCUT2D eigenvalue weighted by Gasteiger charge is 2.33. The standard InChI is InChI=1S/C14H16N4O2S/c1-14(2,3)21(19,20)12-9-18-5-4-15-13(18)6-11(12)10-7-16-17-8-10/h4-9H,1-3H3,(H,16,17). The summed E-state index contributed by atoms with van der Waals surface area (Å²) in [7, 11) is -3.49. The minimum atomic E-state index is -3.49. The maximum absolute atomic E-state index is 12.9. The number of hydrogen-bond donors (Lipinski definition) is 1. The first kappa shape index (κ1) is 13.8. The molecule has 0 aliphatic rings. The lowest BCUT2D eigenvalue weighted by Gasteiger charge is -2.21. The van der Waals surface area contributed by atoms with E-state index in [1.807, 2.05) is 0 Å². The number of sulfone groups is 1. The van der Waals surface area contributed by atoms with Gasteiger partial charge in [0.15, 0.2) is 9.84 Å². The fraction of sp³-hybridized carbons (Fsp3) is 0.286. The highest BCUT2D eigenvalue weighted by Crippen LogP contribution is 2.33. The summed E-state index contributed by atoms with van der Waals surface area (Å²) >= 11 is 0. The molecule has 7 heteroatoms. The normalized spacial score (nSPS) is 12.9. The van der Waals surface area contributed by atoms with Crippen molar-refractivity contribution in [2.24, 2.45) is 0 Å². The largest absolute Gasteiger partial charge is 0.306 e. The Kier molecular flexibility index (Phi) is 2.91. The van der Waals surface area contributed by atoms with Crippen molar-refractivity contribution >= 4 is 15.5 Å². The van der Waals surface area contributed by atoms with Crippen LogP contribution >= 0.6 is 0 Å². The second-order valence-electron chi connectivity index (χ2n) is 5.85. The molecule has 0 bridgehead atoms. The molecule has 110 valence electrons. The molecule has 3 rings (SSSR count). The molecule has 6 nitrogen and oxygen atoms in total. The molecule has 0 aliphatic carbocycles. The first-order chi connectivity index (χ1) is 9.80. The summed E-state index contributed by atoms with van der Waals surface area (Å²) in [6.45, 7) is 5.08. The van der Waals surface area contributed by atoms with Gasteiger partial charge in [0.1, 0.15) is 5.65 Å². The zero-order chi connectivity index (χ0) is 15.3. The maximum atomic E-state index is 12.9. The molecule has 0 saturated carbocycles. The van der Waals surface area contributed by atoms with Gasteiger partial charge in [-0.2, -0.15) is 5.10 Å². The van der Waals surface area contributed by atoms with Crippen molar-refractivity contribution in [1.29, 1.82) is 0 Å². The Morgan fingerprint density at radius 1 is 1.29 bits per heavy atom. The second-order valence-corrected chi connectivity index (χ2v) is 8.52. The van der Waals surface area contributed by atoms with Crippen molar-refractivity contribution in [3.05, 3.63) is 37.1 Å². The maximum Gasteiger partial charge on any atom is 0.185 e. The quantitative estimate of drug-likeness (QED) is 0.787. The van der Waals surface area contributed by atoms with E-state index in [0.29, 0.717) is 11.2 Å². The van der Waals surface area contributed by atoms with Crippen LogP contribution in [0, 0.1) is 0 Å². The van der Waals surface area contributed by atoms with Crippen molar-refractivity contribution in [2.45, 2.75) is 30.4 Å². The van der Waals surface area contributed by atoms with Gasteiger partial charge < -0.3 is 4.40 Å². The number of H-pyrrole nitrogens is 1. The van der Waals surface area contributed by atoms with Crippen LogP contribution in [0.1, 0.15) is 20.8 Å². The zero-order valence-corrected chi connectivity index (χ0v) is 12.8. The highest BCUT2D eigenvalue weighted by molar-refractivity contribution is 7.92. The molecule has 3 heterocycles. The van der Waals surface area contributed by atoms with Crippen LogP contribution in [0.3, 0.4) is 0 Å². The SMILES string of the molecule is CC(C)(C)S(=O)(=O)c1cn2ccnc2cc1-c1cn[nH]c1.